The minimum Gasteiger partial charge on any atom is -0.380 e. The van der Waals surface area contributed by atoms with Crippen LogP contribution in [0.3, 0.4) is 0 Å². The molecule has 0 fully saturated rings. The molecule has 1 aliphatic rings. The molecule has 0 heterocycles. The molecule has 0 spiro atoms. The SMILES string of the molecule is CCN(CC)C1=C(NCCc2ccccc2)C(=O)C(CCc2ccccc2)[C@H](C)C1. The first-order chi connectivity index (χ1) is 14.6. The van der Waals surface area contributed by atoms with Gasteiger partial charge in [-0.25, -0.2) is 0 Å². The van der Waals surface area contributed by atoms with Crippen molar-refractivity contribution in [3.63, 3.8) is 0 Å². The molecule has 3 rings (SSSR count). The Balaban J connectivity index is 1.75. The fourth-order valence-electron chi connectivity index (χ4n) is 4.58. The number of rotatable bonds is 10. The maximum atomic E-state index is 13.6. The molecule has 0 saturated carbocycles. The summed E-state index contributed by atoms with van der Waals surface area (Å²) in [5.74, 6) is 0.764. The van der Waals surface area contributed by atoms with E-state index in [0.717, 1.165) is 51.0 Å². The Hall–Kier alpha value is -2.55. The largest absolute Gasteiger partial charge is 0.380 e. The zero-order valence-electron chi connectivity index (χ0n) is 18.7. The van der Waals surface area contributed by atoms with Gasteiger partial charge in [0, 0.05) is 31.2 Å². The van der Waals surface area contributed by atoms with Crippen LogP contribution in [0.15, 0.2) is 72.1 Å². The van der Waals surface area contributed by atoms with Crippen molar-refractivity contribution in [3.8, 4) is 0 Å². The molecule has 2 atom stereocenters. The van der Waals surface area contributed by atoms with Gasteiger partial charge >= 0.3 is 0 Å². The minimum atomic E-state index is 0.0868. The second-order valence-corrected chi connectivity index (χ2v) is 8.33. The number of Topliss-reactive ketones (excluding diaryl/α,β-unsaturated/α-hetero) is 1. The molecule has 0 saturated heterocycles. The number of carbonyl (C=O) groups is 1. The molecule has 1 unspecified atom stereocenters. The van der Waals surface area contributed by atoms with E-state index in [2.05, 4.69) is 79.5 Å². The number of ketones is 1. The first-order valence-electron chi connectivity index (χ1n) is 11.5. The van der Waals surface area contributed by atoms with E-state index in [9.17, 15) is 4.79 Å². The Morgan fingerprint density at radius 2 is 1.47 bits per heavy atom. The first-order valence-corrected chi connectivity index (χ1v) is 11.5. The fourth-order valence-corrected chi connectivity index (χ4v) is 4.58. The quantitative estimate of drug-likeness (QED) is 0.588. The summed E-state index contributed by atoms with van der Waals surface area (Å²) in [6.07, 6.45) is 3.77. The molecule has 0 amide bonds. The van der Waals surface area contributed by atoms with E-state index < -0.39 is 0 Å². The number of nitrogens with zero attached hydrogens (tertiary/aromatic N) is 1. The van der Waals surface area contributed by atoms with Crippen LogP contribution in [0.2, 0.25) is 0 Å². The van der Waals surface area contributed by atoms with E-state index in [0.29, 0.717) is 11.7 Å². The summed E-state index contributed by atoms with van der Waals surface area (Å²) in [7, 11) is 0. The standard InChI is InChI=1S/C27H36N2O/c1-4-29(5-2)25-20-21(3)24(17-16-22-12-8-6-9-13-22)27(30)26(25)28-19-18-23-14-10-7-11-15-23/h6-15,21,24,28H,4-5,16-20H2,1-3H3/t21-,24?/m1/s1. The Labute approximate surface area is 182 Å². The summed E-state index contributed by atoms with van der Waals surface area (Å²) in [6, 6.07) is 21.0. The lowest BCUT2D eigenvalue weighted by atomic mass is 9.76. The van der Waals surface area contributed by atoms with E-state index in [-0.39, 0.29) is 5.92 Å². The second-order valence-electron chi connectivity index (χ2n) is 8.33. The van der Waals surface area contributed by atoms with Crippen molar-refractivity contribution >= 4 is 5.78 Å². The van der Waals surface area contributed by atoms with E-state index >= 15 is 0 Å². The van der Waals surface area contributed by atoms with Gasteiger partial charge in [-0.1, -0.05) is 67.6 Å². The highest BCUT2D eigenvalue weighted by Crippen LogP contribution is 2.35. The van der Waals surface area contributed by atoms with Gasteiger partial charge in [-0.2, -0.15) is 0 Å². The van der Waals surface area contributed by atoms with Crippen molar-refractivity contribution in [3.05, 3.63) is 83.2 Å². The van der Waals surface area contributed by atoms with E-state index in [1.165, 1.54) is 16.8 Å². The number of benzene rings is 2. The molecule has 30 heavy (non-hydrogen) atoms. The molecule has 160 valence electrons. The van der Waals surface area contributed by atoms with E-state index in [4.69, 9.17) is 0 Å². The molecule has 2 aromatic rings. The van der Waals surface area contributed by atoms with Crippen molar-refractivity contribution < 1.29 is 4.79 Å². The number of hydrogen-bond acceptors (Lipinski definition) is 3. The van der Waals surface area contributed by atoms with Crippen LogP contribution in [0, 0.1) is 11.8 Å². The number of carbonyl (C=O) groups excluding carboxylic acids is 1. The average Bonchev–Trinajstić information content (AvgIpc) is 2.78. The molecule has 2 aromatic carbocycles. The Bertz CT molecular complexity index is 824. The van der Waals surface area contributed by atoms with Gasteiger partial charge in [-0.05, 0) is 56.6 Å². The molecule has 3 nitrogen and oxygen atoms in total. The van der Waals surface area contributed by atoms with Crippen LogP contribution in [0.4, 0.5) is 0 Å². The van der Waals surface area contributed by atoms with Gasteiger partial charge in [0.1, 0.15) is 0 Å². The normalized spacial score (nSPS) is 19.1. The minimum absolute atomic E-state index is 0.0868. The number of hydrogen-bond donors (Lipinski definition) is 1. The Morgan fingerprint density at radius 1 is 0.900 bits per heavy atom. The van der Waals surface area contributed by atoms with Gasteiger partial charge < -0.3 is 10.2 Å². The predicted molar refractivity (Wildman–Crippen MR) is 125 cm³/mol. The molecule has 1 aliphatic carbocycles. The highest BCUT2D eigenvalue weighted by Gasteiger charge is 2.36. The molecule has 0 radical (unpaired) electrons. The van der Waals surface area contributed by atoms with Crippen LogP contribution < -0.4 is 5.32 Å². The van der Waals surface area contributed by atoms with Crippen LogP contribution in [-0.4, -0.2) is 30.3 Å². The van der Waals surface area contributed by atoms with Crippen molar-refractivity contribution in [1.29, 1.82) is 0 Å². The van der Waals surface area contributed by atoms with E-state index in [1.807, 2.05) is 12.1 Å². The van der Waals surface area contributed by atoms with Gasteiger partial charge in [0.15, 0.2) is 5.78 Å². The third kappa shape index (κ3) is 5.53. The third-order valence-corrected chi connectivity index (χ3v) is 6.36. The van der Waals surface area contributed by atoms with Gasteiger partial charge in [0.25, 0.3) is 0 Å². The first kappa shape index (κ1) is 22.1. The number of allylic oxidation sites excluding steroid dienone is 2. The van der Waals surface area contributed by atoms with Gasteiger partial charge in [-0.3, -0.25) is 4.79 Å². The maximum Gasteiger partial charge on any atom is 0.183 e. The molecular formula is C27H36N2O. The lowest BCUT2D eigenvalue weighted by Gasteiger charge is -2.37. The van der Waals surface area contributed by atoms with Crippen LogP contribution in [0.5, 0.6) is 0 Å². The summed E-state index contributed by atoms with van der Waals surface area (Å²) in [6.45, 7) is 9.26. The number of nitrogens with one attached hydrogen (secondary N) is 1. The van der Waals surface area contributed by atoms with Crippen LogP contribution in [-0.2, 0) is 17.6 Å². The zero-order chi connectivity index (χ0) is 21.3. The summed E-state index contributed by atoms with van der Waals surface area (Å²) in [4.78, 5) is 16.0. The Morgan fingerprint density at radius 3 is 2.03 bits per heavy atom. The molecule has 1 N–H and O–H groups in total. The monoisotopic (exact) mass is 404 g/mol. The topological polar surface area (TPSA) is 32.3 Å². The van der Waals surface area contributed by atoms with Crippen molar-refractivity contribution in [2.45, 2.75) is 46.5 Å². The maximum absolute atomic E-state index is 13.6. The average molecular weight is 405 g/mol. The lowest BCUT2D eigenvalue weighted by molar-refractivity contribution is -0.122. The zero-order valence-corrected chi connectivity index (χ0v) is 18.7. The van der Waals surface area contributed by atoms with Crippen LogP contribution >= 0.6 is 0 Å². The lowest BCUT2D eigenvalue weighted by Crippen LogP contribution is -2.41. The highest BCUT2D eigenvalue weighted by atomic mass is 16.1. The third-order valence-electron chi connectivity index (χ3n) is 6.36. The van der Waals surface area contributed by atoms with Crippen molar-refractivity contribution in [2.24, 2.45) is 11.8 Å². The van der Waals surface area contributed by atoms with Gasteiger partial charge in [-0.15, -0.1) is 0 Å². The molecule has 3 heteroatoms. The molecule has 0 aromatic heterocycles. The summed E-state index contributed by atoms with van der Waals surface area (Å²) < 4.78 is 0. The van der Waals surface area contributed by atoms with Gasteiger partial charge in [0.2, 0.25) is 0 Å². The van der Waals surface area contributed by atoms with Crippen molar-refractivity contribution in [1.82, 2.24) is 10.2 Å². The van der Waals surface area contributed by atoms with Crippen molar-refractivity contribution in [2.75, 3.05) is 19.6 Å². The highest BCUT2D eigenvalue weighted by molar-refractivity contribution is 5.98. The molecular weight excluding hydrogens is 368 g/mol. The second kappa shape index (κ2) is 11.0. The van der Waals surface area contributed by atoms with Crippen LogP contribution in [0.1, 0.15) is 44.7 Å². The van der Waals surface area contributed by atoms with Crippen LogP contribution in [0.25, 0.3) is 0 Å². The summed E-state index contributed by atoms with van der Waals surface area (Å²) >= 11 is 0. The summed E-state index contributed by atoms with van der Waals surface area (Å²) in [5.41, 5.74) is 4.69. The summed E-state index contributed by atoms with van der Waals surface area (Å²) in [5, 5.41) is 3.56. The van der Waals surface area contributed by atoms with Gasteiger partial charge in [0.05, 0.1) is 5.70 Å². The fraction of sp³-hybridized carbons (Fsp3) is 0.444. The van der Waals surface area contributed by atoms with E-state index in [1.54, 1.807) is 0 Å². The number of aryl methyl sites for hydroxylation is 1. The smallest absolute Gasteiger partial charge is 0.183 e. The molecule has 0 bridgehead atoms. The predicted octanol–water partition coefficient (Wildman–Crippen LogP) is 5.23. The Kier molecular flexibility index (Phi) is 8.12. The molecule has 0 aliphatic heterocycles.